The van der Waals surface area contributed by atoms with Crippen LogP contribution in [0.4, 0.5) is 6.01 Å². The van der Waals surface area contributed by atoms with Gasteiger partial charge >= 0.3 is 0 Å². The summed E-state index contributed by atoms with van der Waals surface area (Å²) in [5.41, 5.74) is 4.22. The van der Waals surface area contributed by atoms with Gasteiger partial charge in [0.25, 0.3) is 6.01 Å². The van der Waals surface area contributed by atoms with Gasteiger partial charge in [-0.05, 0) is 48.9 Å². The van der Waals surface area contributed by atoms with E-state index in [1.165, 1.54) is 29.4 Å². The number of hydrogen-bond acceptors (Lipinski definition) is 3. The maximum absolute atomic E-state index is 6.03. The van der Waals surface area contributed by atoms with Crippen molar-refractivity contribution in [3.8, 4) is 0 Å². The molecule has 4 heteroatoms. The van der Waals surface area contributed by atoms with E-state index in [1.54, 1.807) is 0 Å². The molecular formula is C20H19N3O. The summed E-state index contributed by atoms with van der Waals surface area (Å²) in [5.74, 6) is 0. The Bertz CT molecular complexity index is 852. The molecular weight excluding hydrogens is 298 g/mol. The van der Waals surface area contributed by atoms with E-state index < -0.39 is 0 Å². The minimum Gasteiger partial charge on any atom is -0.423 e. The van der Waals surface area contributed by atoms with Crippen LogP contribution in [0.15, 0.2) is 59.0 Å². The Morgan fingerprint density at radius 1 is 1.04 bits per heavy atom. The molecule has 0 saturated carbocycles. The topological polar surface area (TPSA) is 45.1 Å². The highest BCUT2D eigenvalue weighted by molar-refractivity contribution is 5.80. The summed E-state index contributed by atoms with van der Waals surface area (Å²) in [7, 11) is 0. The van der Waals surface area contributed by atoms with Crippen LogP contribution < -0.4 is 4.90 Å². The lowest BCUT2D eigenvalue weighted by atomic mass is 10.00. The Balaban J connectivity index is 1.57. The Morgan fingerprint density at radius 2 is 1.92 bits per heavy atom. The highest BCUT2D eigenvalue weighted by Gasteiger charge is 2.28. The first kappa shape index (κ1) is 13.7. The SMILES string of the molecule is c1ccc2[nH]c(C3CCCCN3c3nc4ccccc4o3)cc2c1. The first-order valence-electron chi connectivity index (χ1n) is 8.58. The van der Waals surface area contributed by atoms with Crippen LogP contribution >= 0.6 is 0 Å². The van der Waals surface area contributed by atoms with Gasteiger partial charge in [0.1, 0.15) is 5.52 Å². The van der Waals surface area contributed by atoms with Crippen molar-refractivity contribution in [1.29, 1.82) is 0 Å². The van der Waals surface area contributed by atoms with Crippen LogP contribution in [0.1, 0.15) is 31.0 Å². The molecule has 1 atom stereocenters. The third-order valence-electron chi connectivity index (χ3n) is 4.94. The largest absolute Gasteiger partial charge is 0.423 e. The summed E-state index contributed by atoms with van der Waals surface area (Å²) in [6.45, 7) is 0.979. The van der Waals surface area contributed by atoms with Gasteiger partial charge in [0, 0.05) is 17.8 Å². The van der Waals surface area contributed by atoms with Crippen LogP contribution in [-0.4, -0.2) is 16.5 Å². The molecule has 0 radical (unpaired) electrons. The predicted molar refractivity (Wildman–Crippen MR) is 96.2 cm³/mol. The standard InChI is InChI=1S/C20H19N3O/c1-2-8-15-14(7-1)13-17(21-15)18-10-5-6-12-23(18)20-22-16-9-3-4-11-19(16)24-20/h1-4,7-9,11,13,18,21H,5-6,10,12H2. The molecule has 3 heterocycles. The van der Waals surface area contributed by atoms with Crippen molar-refractivity contribution in [3.63, 3.8) is 0 Å². The minimum absolute atomic E-state index is 0.291. The summed E-state index contributed by atoms with van der Waals surface area (Å²) in [5, 5.41) is 1.26. The molecule has 1 aliphatic rings. The van der Waals surface area contributed by atoms with E-state index in [0.717, 1.165) is 30.1 Å². The van der Waals surface area contributed by atoms with Crippen LogP contribution in [0.5, 0.6) is 0 Å². The zero-order valence-corrected chi connectivity index (χ0v) is 13.4. The first-order chi connectivity index (χ1) is 11.9. The maximum atomic E-state index is 6.03. The Kier molecular flexibility index (Phi) is 3.08. The molecule has 2 aromatic carbocycles. The Morgan fingerprint density at radius 3 is 2.83 bits per heavy atom. The van der Waals surface area contributed by atoms with Crippen molar-refractivity contribution in [3.05, 3.63) is 60.3 Å². The number of aromatic nitrogens is 2. The van der Waals surface area contributed by atoms with Crippen molar-refractivity contribution >= 4 is 28.0 Å². The second-order valence-corrected chi connectivity index (χ2v) is 6.48. The molecule has 0 aliphatic carbocycles. The molecule has 1 fully saturated rings. The molecule has 0 spiro atoms. The number of aromatic amines is 1. The van der Waals surface area contributed by atoms with Gasteiger partial charge in [-0.1, -0.05) is 30.3 Å². The van der Waals surface area contributed by atoms with Crippen molar-refractivity contribution < 1.29 is 4.42 Å². The Labute approximate surface area is 140 Å². The highest BCUT2D eigenvalue weighted by atomic mass is 16.4. The smallest absolute Gasteiger partial charge is 0.298 e. The van der Waals surface area contributed by atoms with E-state index in [4.69, 9.17) is 9.40 Å². The molecule has 1 saturated heterocycles. The van der Waals surface area contributed by atoms with E-state index in [9.17, 15) is 0 Å². The number of para-hydroxylation sites is 3. The second kappa shape index (κ2) is 5.41. The molecule has 5 rings (SSSR count). The van der Waals surface area contributed by atoms with Gasteiger partial charge in [-0.15, -0.1) is 0 Å². The zero-order chi connectivity index (χ0) is 15.9. The van der Waals surface area contributed by atoms with Gasteiger partial charge in [-0.2, -0.15) is 4.98 Å². The number of H-pyrrole nitrogens is 1. The van der Waals surface area contributed by atoms with Gasteiger partial charge in [-0.3, -0.25) is 0 Å². The number of nitrogens with one attached hydrogen (secondary N) is 1. The van der Waals surface area contributed by atoms with Gasteiger partial charge in [0.15, 0.2) is 5.58 Å². The molecule has 4 aromatic rings. The van der Waals surface area contributed by atoms with Crippen LogP contribution in [0.25, 0.3) is 22.0 Å². The average Bonchev–Trinajstić information content (AvgIpc) is 3.25. The lowest BCUT2D eigenvalue weighted by Gasteiger charge is -2.34. The summed E-state index contributed by atoms with van der Waals surface area (Å²) in [4.78, 5) is 10.6. The van der Waals surface area contributed by atoms with Crippen molar-refractivity contribution in [2.24, 2.45) is 0 Å². The number of nitrogens with zero attached hydrogens (tertiary/aromatic N) is 2. The molecule has 1 aliphatic heterocycles. The molecule has 4 nitrogen and oxygen atoms in total. The molecule has 24 heavy (non-hydrogen) atoms. The van der Waals surface area contributed by atoms with Crippen LogP contribution in [0.3, 0.4) is 0 Å². The number of hydrogen-bond donors (Lipinski definition) is 1. The normalized spacial score (nSPS) is 18.5. The van der Waals surface area contributed by atoms with E-state index in [2.05, 4.69) is 40.2 Å². The van der Waals surface area contributed by atoms with Crippen molar-refractivity contribution in [2.75, 3.05) is 11.4 Å². The summed E-state index contributed by atoms with van der Waals surface area (Å²) >= 11 is 0. The third kappa shape index (κ3) is 2.18. The van der Waals surface area contributed by atoms with Crippen LogP contribution in [0, 0.1) is 0 Å². The fourth-order valence-corrected chi connectivity index (χ4v) is 3.74. The highest BCUT2D eigenvalue weighted by Crippen LogP contribution is 2.36. The van der Waals surface area contributed by atoms with E-state index in [0.29, 0.717) is 6.04 Å². The van der Waals surface area contributed by atoms with E-state index in [1.807, 2.05) is 24.3 Å². The molecule has 2 aromatic heterocycles. The van der Waals surface area contributed by atoms with Crippen LogP contribution in [0.2, 0.25) is 0 Å². The number of benzene rings is 2. The molecule has 1 unspecified atom stereocenters. The number of rotatable bonds is 2. The fourth-order valence-electron chi connectivity index (χ4n) is 3.74. The summed E-state index contributed by atoms with van der Waals surface area (Å²) < 4.78 is 6.03. The van der Waals surface area contributed by atoms with Crippen molar-refractivity contribution in [2.45, 2.75) is 25.3 Å². The zero-order valence-electron chi connectivity index (χ0n) is 13.4. The number of oxazole rings is 1. The van der Waals surface area contributed by atoms with E-state index in [-0.39, 0.29) is 0 Å². The number of fused-ring (bicyclic) bond motifs is 2. The lowest BCUT2D eigenvalue weighted by Crippen LogP contribution is -2.33. The van der Waals surface area contributed by atoms with Crippen LogP contribution in [-0.2, 0) is 0 Å². The number of anilines is 1. The van der Waals surface area contributed by atoms with Gasteiger partial charge in [-0.25, -0.2) is 0 Å². The maximum Gasteiger partial charge on any atom is 0.298 e. The molecule has 0 amide bonds. The fraction of sp³-hybridized carbons (Fsp3) is 0.250. The quantitative estimate of drug-likeness (QED) is 0.563. The Hall–Kier alpha value is -2.75. The van der Waals surface area contributed by atoms with Crippen molar-refractivity contribution in [1.82, 2.24) is 9.97 Å². The van der Waals surface area contributed by atoms with Gasteiger partial charge in [0.05, 0.1) is 6.04 Å². The third-order valence-corrected chi connectivity index (χ3v) is 4.94. The average molecular weight is 317 g/mol. The molecule has 0 bridgehead atoms. The minimum atomic E-state index is 0.291. The predicted octanol–water partition coefficient (Wildman–Crippen LogP) is 5.04. The molecule has 120 valence electrons. The monoisotopic (exact) mass is 317 g/mol. The lowest BCUT2D eigenvalue weighted by molar-refractivity contribution is 0.428. The van der Waals surface area contributed by atoms with Gasteiger partial charge in [0.2, 0.25) is 0 Å². The van der Waals surface area contributed by atoms with Gasteiger partial charge < -0.3 is 14.3 Å². The first-order valence-corrected chi connectivity index (χ1v) is 8.58. The number of piperidine rings is 1. The van der Waals surface area contributed by atoms with E-state index >= 15 is 0 Å². The second-order valence-electron chi connectivity index (χ2n) is 6.48. The summed E-state index contributed by atoms with van der Waals surface area (Å²) in [6, 6.07) is 19.7. The molecule has 1 N–H and O–H groups in total. The summed E-state index contributed by atoms with van der Waals surface area (Å²) in [6.07, 6.45) is 3.53.